The Bertz CT molecular complexity index is 272. The fraction of sp³-hybridized carbons (Fsp3) is 0.600. The molecule has 3 nitrogen and oxygen atoms in total. The molecule has 76 valence electrons. The van der Waals surface area contributed by atoms with Crippen LogP contribution in [0.1, 0.15) is 25.1 Å². The van der Waals surface area contributed by atoms with Gasteiger partial charge < -0.3 is 5.32 Å². The highest BCUT2D eigenvalue weighted by atomic mass is 32.2. The molecule has 0 spiro atoms. The van der Waals surface area contributed by atoms with Gasteiger partial charge in [-0.1, -0.05) is 0 Å². The summed E-state index contributed by atoms with van der Waals surface area (Å²) in [6.07, 6.45) is 4.68. The average Bonchev–Trinajstić information content (AvgIpc) is 2.72. The van der Waals surface area contributed by atoms with Crippen LogP contribution in [0.25, 0.3) is 0 Å². The molecule has 1 aromatic heterocycles. The number of rotatable bonds is 3. The van der Waals surface area contributed by atoms with Crippen LogP contribution in [0.3, 0.4) is 0 Å². The number of thioether (sulfide) groups is 1. The number of aromatic nitrogens is 2. The highest BCUT2D eigenvalue weighted by Gasteiger charge is 2.18. The van der Waals surface area contributed by atoms with Crippen molar-refractivity contribution in [2.45, 2.75) is 25.4 Å². The number of hydrogen-bond donors (Lipinski definition) is 1. The first-order valence-corrected chi connectivity index (χ1v) is 6.11. The highest BCUT2D eigenvalue weighted by Crippen LogP contribution is 2.20. The molecule has 1 saturated heterocycles. The van der Waals surface area contributed by atoms with Crippen LogP contribution < -0.4 is 5.32 Å². The van der Waals surface area contributed by atoms with Gasteiger partial charge in [-0.3, -0.25) is 0 Å². The van der Waals surface area contributed by atoms with Crippen molar-refractivity contribution in [2.75, 3.05) is 11.5 Å². The maximum atomic E-state index is 4.24. The third-order valence-electron chi connectivity index (χ3n) is 2.46. The van der Waals surface area contributed by atoms with E-state index >= 15 is 0 Å². The standard InChI is InChI=1S/C10H15N3S/c1-8(10-2-4-11-7-12-10)13-9-3-5-14-6-9/h2,4,7-9,13H,3,5-6H2,1H3. The quantitative estimate of drug-likeness (QED) is 0.821. The molecule has 0 saturated carbocycles. The predicted molar refractivity (Wildman–Crippen MR) is 59.3 cm³/mol. The molecule has 0 bridgehead atoms. The lowest BCUT2D eigenvalue weighted by molar-refractivity contribution is 0.478. The Morgan fingerprint density at radius 2 is 2.57 bits per heavy atom. The summed E-state index contributed by atoms with van der Waals surface area (Å²) in [5, 5.41) is 3.58. The summed E-state index contributed by atoms with van der Waals surface area (Å²) >= 11 is 2.02. The van der Waals surface area contributed by atoms with Crippen molar-refractivity contribution in [1.82, 2.24) is 15.3 Å². The number of hydrogen-bond acceptors (Lipinski definition) is 4. The molecule has 1 aliphatic heterocycles. The van der Waals surface area contributed by atoms with E-state index in [-0.39, 0.29) is 0 Å². The minimum atomic E-state index is 0.335. The van der Waals surface area contributed by atoms with Crippen molar-refractivity contribution >= 4 is 11.8 Å². The first-order chi connectivity index (χ1) is 6.86. The molecule has 1 aromatic rings. The third kappa shape index (κ3) is 2.45. The van der Waals surface area contributed by atoms with Crippen LogP contribution in [0.4, 0.5) is 0 Å². The zero-order valence-corrected chi connectivity index (χ0v) is 9.13. The topological polar surface area (TPSA) is 37.8 Å². The first-order valence-electron chi connectivity index (χ1n) is 4.96. The second kappa shape index (κ2) is 4.75. The van der Waals surface area contributed by atoms with Gasteiger partial charge in [0.15, 0.2) is 0 Å². The Morgan fingerprint density at radius 3 is 3.21 bits per heavy atom. The van der Waals surface area contributed by atoms with Crippen molar-refractivity contribution in [1.29, 1.82) is 0 Å². The van der Waals surface area contributed by atoms with Gasteiger partial charge in [-0.2, -0.15) is 11.8 Å². The van der Waals surface area contributed by atoms with Gasteiger partial charge in [0.05, 0.1) is 5.69 Å². The summed E-state index contributed by atoms with van der Waals surface area (Å²) in [5.74, 6) is 2.52. The van der Waals surface area contributed by atoms with Gasteiger partial charge in [-0.05, 0) is 25.2 Å². The van der Waals surface area contributed by atoms with E-state index in [0.29, 0.717) is 12.1 Å². The molecule has 2 atom stereocenters. The van der Waals surface area contributed by atoms with Crippen LogP contribution in [0.15, 0.2) is 18.6 Å². The molecule has 2 heterocycles. The fourth-order valence-electron chi connectivity index (χ4n) is 1.66. The largest absolute Gasteiger partial charge is 0.305 e. The predicted octanol–water partition coefficient (Wildman–Crippen LogP) is 1.63. The van der Waals surface area contributed by atoms with Gasteiger partial charge in [0.2, 0.25) is 0 Å². The Labute approximate surface area is 88.7 Å². The van der Waals surface area contributed by atoms with Crippen molar-refractivity contribution < 1.29 is 0 Å². The minimum Gasteiger partial charge on any atom is -0.305 e. The van der Waals surface area contributed by atoms with Gasteiger partial charge in [0, 0.05) is 24.0 Å². The first kappa shape index (κ1) is 9.93. The van der Waals surface area contributed by atoms with Gasteiger partial charge in [-0.15, -0.1) is 0 Å². The molecule has 2 rings (SSSR count). The molecule has 0 radical (unpaired) electrons. The lowest BCUT2D eigenvalue weighted by Crippen LogP contribution is -2.31. The Kier molecular flexibility index (Phi) is 3.37. The number of nitrogens with one attached hydrogen (secondary N) is 1. The Morgan fingerprint density at radius 1 is 1.64 bits per heavy atom. The lowest BCUT2D eigenvalue weighted by atomic mass is 10.2. The molecule has 0 amide bonds. The SMILES string of the molecule is CC(NC1CCSC1)c1ccncn1. The zero-order chi connectivity index (χ0) is 9.80. The van der Waals surface area contributed by atoms with Crippen LogP contribution in [0.5, 0.6) is 0 Å². The van der Waals surface area contributed by atoms with E-state index in [4.69, 9.17) is 0 Å². The summed E-state index contributed by atoms with van der Waals surface area (Å²) in [5.41, 5.74) is 1.08. The van der Waals surface area contributed by atoms with Crippen LogP contribution in [0.2, 0.25) is 0 Å². The molecule has 14 heavy (non-hydrogen) atoms. The van der Waals surface area contributed by atoms with Crippen LogP contribution >= 0.6 is 11.8 Å². The molecule has 2 unspecified atom stereocenters. The van der Waals surface area contributed by atoms with E-state index in [1.165, 1.54) is 17.9 Å². The van der Waals surface area contributed by atoms with Gasteiger partial charge in [0.1, 0.15) is 6.33 Å². The van der Waals surface area contributed by atoms with Crippen molar-refractivity contribution in [3.63, 3.8) is 0 Å². The van der Waals surface area contributed by atoms with E-state index < -0.39 is 0 Å². The van der Waals surface area contributed by atoms with E-state index in [1.54, 1.807) is 12.5 Å². The van der Waals surface area contributed by atoms with Crippen molar-refractivity contribution in [2.24, 2.45) is 0 Å². The molecule has 1 aliphatic rings. The van der Waals surface area contributed by atoms with E-state index in [2.05, 4.69) is 22.2 Å². The van der Waals surface area contributed by atoms with Gasteiger partial charge in [-0.25, -0.2) is 9.97 Å². The van der Waals surface area contributed by atoms with E-state index in [0.717, 1.165) is 5.69 Å². The summed E-state index contributed by atoms with van der Waals surface area (Å²) in [4.78, 5) is 8.16. The second-order valence-corrected chi connectivity index (χ2v) is 4.73. The van der Waals surface area contributed by atoms with Gasteiger partial charge in [0.25, 0.3) is 0 Å². The monoisotopic (exact) mass is 209 g/mol. The molecule has 4 heteroatoms. The van der Waals surface area contributed by atoms with Crippen molar-refractivity contribution in [3.8, 4) is 0 Å². The Hall–Kier alpha value is -0.610. The molecular formula is C10H15N3S. The summed E-state index contributed by atoms with van der Waals surface area (Å²) in [6.45, 7) is 2.16. The maximum Gasteiger partial charge on any atom is 0.115 e. The third-order valence-corrected chi connectivity index (χ3v) is 3.63. The van der Waals surface area contributed by atoms with E-state index in [9.17, 15) is 0 Å². The molecular weight excluding hydrogens is 194 g/mol. The maximum absolute atomic E-state index is 4.24. The zero-order valence-electron chi connectivity index (χ0n) is 8.31. The normalized spacial score (nSPS) is 23.6. The molecule has 1 N–H and O–H groups in total. The van der Waals surface area contributed by atoms with Crippen LogP contribution in [-0.2, 0) is 0 Å². The minimum absolute atomic E-state index is 0.335. The average molecular weight is 209 g/mol. The molecule has 1 fully saturated rings. The second-order valence-electron chi connectivity index (χ2n) is 3.58. The molecule has 0 aliphatic carbocycles. The van der Waals surface area contributed by atoms with Crippen LogP contribution in [0, 0.1) is 0 Å². The van der Waals surface area contributed by atoms with Gasteiger partial charge >= 0.3 is 0 Å². The summed E-state index contributed by atoms with van der Waals surface area (Å²) in [7, 11) is 0. The highest BCUT2D eigenvalue weighted by molar-refractivity contribution is 7.99. The van der Waals surface area contributed by atoms with Crippen LogP contribution in [-0.4, -0.2) is 27.5 Å². The smallest absolute Gasteiger partial charge is 0.115 e. The number of nitrogens with zero attached hydrogens (tertiary/aromatic N) is 2. The lowest BCUT2D eigenvalue weighted by Gasteiger charge is -2.17. The Balaban J connectivity index is 1.92. The molecule has 0 aromatic carbocycles. The van der Waals surface area contributed by atoms with Crippen molar-refractivity contribution in [3.05, 3.63) is 24.3 Å². The summed E-state index contributed by atoms with van der Waals surface area (Å²) < 4.78 is 0. The fourth-order valence-corrected chi connectivity index (χ4v) is 2.83. The van der Waals surface area contributed by atoms with E-state index in [1.807, 2.05) is 17.8 Å². The summed E-state index contributed by atoms with van der Waals surface area (Å²) in [6, 6.07) is 2.96.